The van der Waals surface area contributed by atoms with E-state index in [9.17, 15) is 18.0 Å². The van der Waals surface area contributed by atoms with E-state index >= 15 is 0 Å². The molecule has 0 aliphatic rings. The van der Waals surface area contributed by atoms with E-state index in [1.165, 1.54) is 0 Å². The molecule has 2 N–H and O–H groups in total. The molecule has 62 valence electrons. The predicted octanol–water partition coefficient (Wildman–Crippen LogP) is -0.423. The minimum Gasteiger partial charge on any atom is -0.480 e. The Balaban J connectivity index is 4.17. The van der Waals surface area contributed by atoms with E-state index in [1.807, 2.05) is 0 Å². The van der Waals surface area contributed by atoms with Crippen molar-refractivity contribution in [3.8, 4) is 0 Å². The number of hydrogen-bond donors (Lipinski definition) is 2. The summed E-state index contributed by atoms with van der Waals surface area (Å²) in [5.41, 5.74) is 0. The topological polar surface area (TPSA) is 66.8 Å². The van der Waals surface area contributed by atoms with Crippen molar-refractivity contribution in [2.45, 2.75) is 0 Å². The second-order valence-corrected chi connectivity index (χ2v) is 1.31. The van der Waals surface area contributed by atoms with Crippen LogP contribution in [-0.2, 0) is 9.45 Å². The molecule has 0 unspecified atom stereocenters. The molecule has 0 amide bonds. The number of hydrogen-bond acceptors (Lipinski definition) is 4. The summed E-state index contributed by atoms with van der Waals surface area (Å²) < 4.78 is 37.3. The van der Waals surface area contributed by atoms with Gasteiger partial charge in [0.15, 0.2) is 0 Å². The van der Waals surface area contributed by atoms with Gasteiger partial charge in [0.25, 0.3) is 5.83 Å². The molecular weight excluding hydrogens is 168 g/mol. The lowest BCUT2D eigenvalue weighted by molar-refractivity contribution is -0.134. The average Bonchev–Trinajstić information content (AvgIpc) is 1.84. The zero-order valence-electron chi connectivity index (χ0n) is 4.92. The lowest BCUT2D eigenvalue weighted by Gasteiger charge is -1.98. The van der Waals surface area contributed by atoms with Gasteiger partial charge in [-0.05, 0) is 0 Å². The first-order chi connectivity index (χ1) is 4.95. The third kappa shape index (κ3) is 3.63. The van der Waals surface area contributed by atoms with Crippen LogP contribution in [0.2, 0.25) is 0 Å². The number of rotatable bonds is 2. The van der Waals surface area contributed by atoms with Crippen LogP contribution in [0.15, 0.2) is 11.9 Å². The Morgan fingerprint density at radius 2 is 1.73 bits per heavy atom. The van der Waals surface area contributed by atoms with E-state index in [0.717, 1.165) is 0 Å². The molecule has 0 aromatic carbocycles. The van der Waals surface area contributed by atoms with E-state index in [2.05, 4.69) is 4.65 Å². The summed E-state index contributed by atoms with van der Waals surface area (Å²) in [4.78, 5) is 9.94. The molecule has 0 bridgehead atoms. The predicted molar refractivity (Wildman–Crippen MR) is 26.6 cm³/mol. The summed E-state index contributed by atoms with van der Waals surface area (Å²) >= 11 is 0. The quantitative estimate of drug-likeness (QED) is 0.436. The fraction of sp³-hybridized carbons (Fsp3) is 0. The Kier molecular flexibility index (Phi) is 3.62. The van der Waals surface area contributed by atoms with Gasteiger partial charge in [-0.15, -0.1) is 0 Å². The van der Waals surface area contributed by atoms with Crippen molar-refractivity contribution in [3.05, 3.63) is 11.9 Å². The van der Waals surface area contributed by atoms with E-state index in [4.69, 9.17) is 10.0 Å². The molecule has 0 radical (unpaired) electrons. The molecule has 0 aromatic heterocycles. The summed E-state index contributed by atoms with van der Waals surface area (Å²) in [5.74, 6) is -4.57. The van der Waals surface area contributed by atoms with Gasteiger partial charge >= 0.3 is 19.4 Å². The highest BCUT2D eigenvalue weighted by molar-refractivity contribution is 6.36. The van der Waals surface area contributed by atoms with Crippen LogP contribution in [-0.4, -0.2) is 23.3 Å². The second kappa shape index (κ2) is 3.99. The van der Waals surface area contributed by atoms with Crippen LogP contribution in [0, 0.1) is 0 Å². The zero-order valence-corrected chi connectivity index (χ0v) is 4.92. The largest absolute Gasteiger partial charge is 0.709 e. The van der Waals surface area contributed by atoms with Gasteiger partial charge in [-0.2, -0.15) is 13.2 Å². The minimum atomic E-state index is -2.88. The van der Waals surface area contributed by atoms with Crippen molar-refractivity contribution in [1.29, 1.82) is 0 Å². The Morgan fingerprint density at radius 1 is 1.27 bits per heavy atom. The van der Waals surface area contributed by atoms with E-state index in [1.54, 1.807) is 0 Å². The van der Waals surface area contributed by atoms with E-state index < -0.39 is 25.2 Å². The fourth-order valence-corrected chi connectivity index (χ4v) is 0.225. The molecule has 0 rings (SSSR count). The highest BCUT2D eigenvalue weighted by Crippen LogP contribution is 2.10. The summed E-state index contributed by atoms with van der Waals surface area (Å²) in [5, 5.41) is 15.7. The van der Waals surface area contributed by atoms with Gasteiger partial charge in [-0.1, -0.05) is 0 Å². The Hall–Kier alpha value is -1.02. The molecule has 0 aliphatic carbocycles. The van der Waals surface area contributed by atoms with Gasteiger partial charge in [0.1, 0.15) is 0 Å². The fourth-order valence-electron chi connectivity index (χ4n) is 0.225. The van der Waals surface area contributed by atoms with Crippen LogP contribution in [0.3, 0.4) is 0 Å². The normalized spacial score (nSPS) is 8.82. The van der Waals surface area contributed by atoms with Gasteiger partial charge in [-0.3, -0.25) is 0 Å². The molecule has 0 saturated heterocycles. The van der Waals surface area contributed by atoms with Crippen molar-refractivity contribution in [3.63, 3.8) is 0 Å². The first-order valence-electron chi connectivity index (χ1n) is 2.23. The van der Waals surface area contributed by atoms with Crippen molar-refractivity contribution in [2.75, 3.05) is 0 Å². The highest BCUT2D eigenvalue weighted by Gasteiger charge is 2.23. The smallest absolute Gasteiger partial charge is 0.480 e. The third-order valence-corrected chi connectivity index (χ3v) is 0.558. The summed E-state index contributed by atoms with van der Waals surface area (Å²) in [7, 11) is -2.60. The second-order valence-electron chi connectivity index (χ2n) is 1.31. The lowest BCUT2D eigenvalue weighted by Crippen LogP contribution is -2.22. The number of carbonyl (C=O) groups is 1. The van der Waals surface area contributed by atoms with Crippen molar-refractivity contribution in [1.82, 2.24) is 0 Å². The van der Waals surface area contributed by atoms with Crippen LogP contribution in [0.5, 0.6) is 0 Å². The average molecular weight is 170 g/mol. The van der Waals surface area contributed by atoms with Crippen LogP contribution in [0.4, 0.5) is 13.2 Å². The molecule has 0 aromatic rings. The van der Waals surface area contributed by atoms with Gasteiger partial charge in [0, 0.05) is 0 Å². The zero-order chi connectivity index (χ0) is 9.02. The standard InChI is InChI=1S/C3H2BF3O4/c5-1(2(6)7)3(8)11-4(9)10/h9-10H. The number of halogens is 3. The molecular formula is C3H2BF3O4. The number of carbonyl (C=O) groups excluding carboxylic acids is 1. The van der Waals surface area contributed by atoms with Crippen molar-refractivity contribution < 1.29 is 32.7 Å². The highest BCUT2D eigenvalue weighted by atomic mass is 19.3. The molecule has 0 spiro atoms. The van der Waals surface area contributed by atoms with Gasteiger partial charge in [-0.25, -0.2) is 4.79 Å². The minimum absolute atomic E-state index is 2.12. The van der Waals surface area contributed by atoms with Crippen molar-refractivity contribution in [2.24, 2.45) is 0 Å². The van der Waals surface area contributed by atoms with Crippen LogP contribution >= 0.6 is 0 Å². The van der Waals surface area contributed by atoms with Crippen LogP contribution in [0.1, 0.15) is 0 Å². The van der Waals surface area contributed by atoms with Gasteiger partial charge in [0.2, 0.25) is 0 Å². The molecule has 0 atom stereocenters. The SMILES string of the molecule is O=C(OB(O)O)C(F)=C(F)F. The first kappa shape index (κ1) is 9.98. The maximum Gasteiger partial charge on any atom is 0.709 e. The maximum absolute atomic E-state index is 11.7. The van der Waals surface area contributed by atoms with Crippen LogP contribution in [0.25, 0.3) is 0 Å². The summed E-state index contributed by atoms with van der Waals surface area (Å²) in [6, 6.07) is 0. The molecule has 0 aliphatic heterocycles. The summed E-state index contributed by atoms with van der Waals surface area (Å²) in [6.45, 7) is 0. The molecule has 8 heteroatoms. The monoisotopic (exact) mass is 170 g/mol. The summed E-state index contributed by atoms with van der Waals surface area (Å²) in [6.07, 6.45) is -2.88. The molecule has 0 saturated carbocycles. The van der Waals surface area contributed by atoms with Gasteiger partial charge in [0.05, 0.1) is 0 Å². The van der Waals surface area contributed by atoms with Crippen LogP contribution < -0.4 is 0 Å². The maximum atomic E-state index is 11.7. The Morgan fingerprint density at radius 3 is 2.00 bits per heavy atom. The van der Waals surface area contributed by atoms with E-state index in [-0.39, 0.29) is 0 Å². The molecule has 11 heavy (non-hydrogen) atoms. The molecule has 0 fully saturated rings. The van der Waals surface area contributed by atoms with Crippen molar-refractivity contribution >= 4 is 13.3 Å². The Labute approximate surface area is 59.1 Å². The molecule has 4 nitrogen and oxygen atoms in total. The Bertz CT molecular complexity index is 187. The third-order valence-electron chi connectivity index (χ3n) is 0.558. The molecule has 0 heterocycles. The lowest BCUT2D eigenvalue weighted by atomic mass is 10.2. The first-order valence-corrected chi connectivity index (χ1v) is 2.23. The van der Waals surface area contributed by atoms with Gasteiger partial charge < -0.3 is 14.7 Å². The van der Waals surface area contributed by atoms with E-state index in [0.29, 0.717) is 0 Å².